The predicted octanol–water partition coefficient (Wildman–Crippen LogP) is 3.43. The number of carbonyl (C=O) groups excluding carboxylic acids is 1. The molecule has 1 aromatic heterocycles. The van der Waals surface area contributed by atoms with E-state index in [0.717, 1.165) is 23.0 Å². The number of aromatic nitrogens is 2. The Morgan fingerprint density at radius 1 is 1.23 bits per heavy atom. The van der Waals surface area contributed by atoms with E-state index in [1.54, 1.807) is 0 Å². The molecule has 0 radical (unpaired) electrons. The molecule has 1 saturated carbocycles. The van der Waals surface area contributed by atoms with Crippen molar-refractivity contribution in [2.24, 2.45) is 5.92 Å². The summed E-state index contributed by atoms with van der Waals surface area (Å²) in [6, 6.07) is 7.63. The number of aliphatic carboxylic acids is 1. The van der Waals surface area contributed by atoms with E-state index in [2.05, 4.69) is 15.5 Å². The first kappa shape index (κ1) is 18.4. The molecule has 1 aromatic carbocycles. The minimum Gasteiger partial charge on any atom is -0.481 e. The molecule has 140 valence electrons. The third-order valence-corrected chi connectivity index (χ3v) is 5.29. The number of rotatable bonds is 8. The number of carboxylic acid groups (broad SMARTS) is 1. The van der Waals surface area contributed by atoms with Gasteiger partial charge in [-0.25, -0.2) is 0 Å². The number of para-hydroxylation sites is 1. The highest BCUT2D eigenvalue weighted by Gasteiger charge is 2.21. The fourth-order valence-corrected chi connectivity index (χ4v) is 3.96. The van der Waals surface area contributed by atoms with Crippen LogP contribution in [-0.4, -0.2) is 33.2 Å². The molecule has 0 bridgehead atoms. The third kappa shape index (κ3) is 5.07. The number of amides is 1. The van der Waals surface area contributed by atoms with E-state index in [4.69, 9.17) is 5.11 Å². The average Bonchev–Trinajstić information content (AvgIpc) is 3.03. The summed E-state index contributed by atoms with van der Waals surface area (Å²) in [4.78, 5) is 23.5. The lowest BCUT2D eigenvalue weighted by molar-refractivity contribution is -0.137. The van der Waals surface area contributed by atoms with Crippen LogP contribution in [0.3, 0.4) is 0 Å². The highest BCUT2D eigenvalue weighted by molar-refractivity contribution is 5.87. The number of hydrogen-bond acceptors (Lipinski definition) is 3. The number of hydrogen-bond donors (Lipinski definition) is 3. The van der Waals surface area contributed by atoms with Crippen LogP contribution in [0.15, 0.2) is 24.3 Å². The van der Waals surface area contributed by atoms with Gasteiger partial charge in [-0.1, -0.05) is 50.3 Å². The van der Waals surface area contributed by atoms with E-state index < -0.39 is 5.97 Å². The van der Waals surface area contributed by atoms with Gasteiger partial charge in [0.25, 0.3) is 0 Å². The largest absolute Gasteiger partial charge is 0.481 e. The normalized spacial score (nSPS) is 16.5. The maximum absolute atomic E-state index is 12.5. The van der Waals surface area contributed by atoms with Crippen LogP contribution in [0.4, 0.5) is 0 Å². The first-order chi connectivity index (χ1) is 12.6. The zero-order valence-corrected chi connectivity index (χ0v) is 15.0. The van der Waals surface area contributed by atoms with Gasteiger partial charge in [-0.3, -0.25) is 14.7 Å². The van der Waals surface area contributed by atoms with Crippen molar-refractivity contribution < 1.29 is 14.7 Å². The minimum atomic E-state index is -0.813. The standard InChI is InChI=1S/C20H27N3O3/c24-19(13-18-16-8-4-5-9-17(16)22-23-18)21-15(10-11-20(25)26)12-14-6-2-1-3-7-14/h4-5,8-9,14-15H,1-3,6-7,10-13H2,(H,21,24)(H,22,23)(H,25,26). The minimum absolute atomic E-state index is 0.0733. The summed E-state index contributed by atoms with van der Waals surface area (Å²) in [6.45, 7) is 0. The number of fused-ring (bicyclic) bond motifs is 1. The molecular weight excluding hydrogens is 330 g/mol. The molecule has 1 fully saturated rings. The molecule has 3 rings (SSSR count). The van der Waals surface area contributed by atoms with Gasteiger partial charge >= 0.3 is 5.97 Å². The summed E-state index contributed by atoms with van der Waals surface area (Å²) in [5, 5.41) is 20.2. The van der Waals surface area contributed by atoms with Crippen molar-refractivity contribution >= 4 is 22.8 Å². The van der Waals surface area contributed by atoms with Gasteiger partial charge in [0.15, 0.2) is 0 Å². The summed E-state index contributed by atoms with van der Waals surface area (Å²) >= 11 is 0. The monoisotopic (exact) mass is 357 g/mol. The Hall–Kier alpha value is -2.37. The van der Waals surface area contributed by atoms with Crippen LogP contribution >= 0.6 is 0 Å². The fourth-order valence-electron chi connectivity index (χ4n) is 3.96. The number of nitrogens with one attached hydrogen (secondary N) is 2. The van der Waals surface area contributed by atoms with E-state index in [9.17, 15) is 9.59 Å². The molecule has 1 aliphatic rings. The smallest absolute Gasteiger partial charge is 0.303 e. The van der Waals surface area contributed by atoms with Gasteiger partial charge in [0, 0.05) is 17.8 Å². The number of carbonyl (C=O) groups is 2. The molecule has 0 aliphatic heterocycles. The first-order valence-corrected chi connectivity index (χ1v) is 9.55. The van der Waals surface area contributed by atoms with E-state index >= 15 is 0 Å². The Labute approximate surface area is 153 Å². The Bertz CT molecular complexity index is 750. The summed E-state index contributed by atoms with van der Waals surface area (Å²) in [5.74, 6) is -0.297. The number of aromatic amines is 1. The van der Waals surface area contributed by atoms with Crippen LogP contribution < -0.4 is 5.32 Å². The topological polar surface area (TPSA) is 95.1 Å². The number of carboxylic acids is 1. The van der Waals surface area contributed by atoms with Crippen LogP contribution in [-0.2, 0) is 16.0 Å². The zero-order chi connectivity index (χ0) is 18.4. The Morgan fingerprint density at radius 2 is 2.00 bits per heavy atom. The van der Waals surface area contributed by atoms with Gasteiger partial charge in [0.2, 0.25) is 5.91 Å². The molecule has 1 unspecified atom stereocenters. The van der Waals surface area contributed by atoms with Crippen LogP contribution in [0.2, 0.25) is 0 Å². The highest BCUT2D eigenvalue weighted by Crippen LogP contribution is 2.28. The molecule has 1 heterocycles. The van der Waals surface area contributed by atoms with Crippen LogP contribution in [0.1, 0.15) is 57.1 Å². The molecule has 1 aliphatic carbocycles. The number of benzene rings is 1. The van der Waals surface area contributed by atoms with Crippen molar-refractivity contribution in [1.29, 1.82) is 0 Å². The molecular formula is C20H27N3O3. The molecule has 26 heavy (non-hydrogen) atoms. The van der Waals surface area contributed by atoms with Crippen molar-refractivity contribution in [3.05, 3.63) is 30.0 Å². The van der Waals surface area contributed by atoms with E-state index in [1.807, 2.05) is 24.3 Å². The number of H-pyrrole nitrogens is 1. The van der Waals surface area contributed by atoms with Gasteiger partial charge in [-0.05, 0) is 24.8 Å². The summed E-state index contributed by atoms with van der Waals surface area (Å²) in [6.07, 6.45) is 7.82. The van der Waals surface area contributed by atoms with Crippen LogP contribution in [0.5, 0.6) is 0 Å². The Morgan fingerprint density at radius 3 is 2.77 bits per heavy atom. The second kappa shape index (κ2) is 8.83. The first-order valence-electron chi connectivity index (χ1n) is 9.55. The van der Waals surface area contributed by atoms with Crippen LogP contribution in [0.25, 0.3) is 10.9 Å². The zero-order valence-electron chi connectivity index (χ0n) is 15.0. The molecule has 6 heteroatoms. The van der Waals surface area contributed by atoms with Gasteiger partial charge < -0.3 is 10.4 Å². The van der Waals surface area contributed by atoms with Crippen molar-refractivity contribution in [2.75, 3.05) is 0 Å². The van der Waals surface area contributed by atoms with Crippen molar-refractivity contribution in [2.45, 2.75) is 63.8 Å². The lowest BCUT2D eigenvalue weighted by atomic mass is 9.84. The van der Waals surface area contributed by atoms with Gasteiger partial charge in [0.1, 0.15) is 0 Å². The third-order valence-electron chi connectivity index (χ3n) is 5.29. The van der Waals surface area contributed by atoms with Crippen molar-refractivity contribution in [3.63, 3.8) is 0 Å². The van der Waals surface area contributed by atoms with Gasteiger partial charge in [0.05, 0.1) is 17.6 Å². The predicted molar refractivity (Wildman–Crippen MR) is 99.8 cm³/mol. The molecule has 6 nitrogen and oxygen atoms in total. The van der Waals surface area contributed by atoms with E-state index in [-0.39, 0.29) is 24.8 Å². The molecule has 2 aromatic rings. The molecule has 1 amide bonds. The number of nitrogens with zero attached hydrogens (tertiary/aromatic N) is 1. The second-order valence-electron chi connectivity index (χ2n) is 7.33. The summed E-state index contributed by atoms with van der Waals surface area (Å²) < 4.78 is 0. The molecule has 0 spiro atoms. The quantitative estimate of drug-likeness (QED) is 0.674. The highest BCUT2D eigenvalue weighted by atomic mass is 16.4. The second-order valence-corrected chi connectivity index (χ2v) is 7.33. The summed E-state index contributed by atoms with van der Waals surface area (Å²) in [7, 11) is 0. The molecule has 3 N–H and O–H groups in total. The lowest BCUT2D eigenvalue weighted by Crippen LogP contribution is -2.38. The maximum Gasteiger partial charge on any atom is 0.303 e. The van der Waals surface area contributed by atoms with Crippen molar-refractivity contribution in [3.8, 4) is 0 Å². The fraction of sp³-hybridized carbons (Fsp3) is 0.550. The van der Waals surface area contributed by atoms with Gasteiger partial charge in [-0.15, -0.1) is 0 Å². The maximum atomic E-state index is 12.5. The lowest BCUT2D eigenvalue weighted by Gasteiger charge is -2.27. The summed E-state index contributed by atoms with van der Waals surface area (Å²) in [5.41, 5.74) is 1.65. The SMILES string of the molecule is O=C(O)CCC(CC1CCCCC1)NC(=O)Cc1[nH]nc2ccccc12. The molecule has 0 saturated heterocycles. The van der Waals surface area contributed by atoms with Crippen molar-refractivity contribution in [1.82, 2.24) is 15.5 Å². The van der Waals surface area contributed by atoms with Crippen LogP contribution in [0, 0.1) is 5.92 Å². The molecule has 1 atom stereocenters. The van der Waals surface area contributed by atoms with E-state index in [1.165, 1.54) is 32.1 Å². The van der Waals surface area contributed by atoms with E-state index in [0.29, 0.717) is 12.3 Å². The van der Waals surface area contributed by atoms with Gasteiger partial charge in [-0.2, -0.15) is 5.10 Å². The Kier molecular flexibility index (Phi) is 6.26. The Balaban J connectivity index is 1.60. The average molecular weight is 357 g/mol.